The molecule has 0 aliphatic rings. The van der Waals surface area contributed by atoms with Crippen molar-refractivity contribution < 1.29 is 0 Å². The second-order valence-corrected chi connectivity index (χ2v) is 2.29. The summed E-state index contributed by atoms with van der Waals surface area (Å²) in [5.41, 5.74) is 1.10. The van der Waals surface area contributed by atoms with Gasteiger partial charge in [0, 0.05) is 11.9 Å². The molecule has 0 bridgehead atoms. The van der Waals surface area contributed by atoms with Crippen LogP contribution in [-0.4, -0.2) is 9.97 Å². The molecule has 1 aromatic rings. The first kappa shape index (κ1) is 6.20. The van der Waals surface area contributed by atoms with E-state index in [4.69, 9.17) is 0 Å². The Labute approximate surface area is 55.0 Å². The number of aromatic nitrogens is 2. The van der Waals surface area contributed by atoms with E-state index in [0.717, 1.165) is 5.69 Å². The van der Waals surface area contributed by atoms with Crippen molar-refractivity contribution in [3.05, 3.63) is 24.3 Å². The largest absolute Gasteiger partial charge is 0.245 e. The van der Waals surface area contributed by atoms with Crippen molar-refractivity contribution in [3.8, 4) is 0 Å². The summed E-state index contributed by atoms with van der Waals surface area (Å²) in [7, 11) is 0. The van der Waals surface area contributed by atoms with Gasteiger partial charge in [-0.25, -0.2) is 9.97 Å². The van der Waals surface area contributed by atoms with Crippen LogP contribution in [0.4, 0.5) is 0 Å². The van der Waals surface area contributed by atoms with E-state index in [0.29, 0.717) is 5.92 Å². The minimum absolute atomic E-state index is 0.507. The highest BCUT2D eigenvalue weighted by molar-refractivity contribution is 5.02. The number of hydrogen-bond donors (Lipinski definition) is 0. The van der Waals surface area contributed by atoms with Crippen LogP contribution in [0.5, 0.6) is 0 Å². The lowest BCUT2D eigenvalue weighted by Crippen LogP contribution is -1.90. The van der Waals surface area contributed by atoms with Gasteiger partial charge in [0.25, 0.3) is 0 Å². The van der Waals surface area contributed by atoms with Gasteiger partial charge in [0.2, 0.25) is 0 Å². The maximum atomic E-state index is 4.07. The maximum absolute atomic E-state index is 4.07. The van der Waals surface area contributed by atoms with Crippen molar-refractivity contribution >= 4 is 0 Å². The van der Waals surface area contributed by atoms with Crippen molar-refractivity contribution in [2.75, 3.05) is 0 Å². The van der Waals surface area contributed by atoms with E-state index >= 15 is 0 Å². The molecule has 0 aromatic carbocycles. The van der Waals surface area contributed by atoms with E-state index in [1.54, 1.807) is 12.5 Å². The van der Waals surface area contributed by atoms with Crippen LogP contribution < -0.4 is 0 Å². The van der Waals surface area contributed by atoms with Gasteiger partial charge in [0.1, 0.15) is 6.33 Å². The number of rotatable bonds is 1. The standard InChI is InChI=1S/C7H10N2/c1-6(2)7-3-4-8-5-9-7/h3-6H,1-2H3. The Balaban J connectivity index is 2.85. The molecule has 0 aliphatic heterocycles. The van der Waals surface area contributed by atoms with E-state index in [1.807, 2.05) is 6.07 Å². The molecule has 1 rings (SSSR count). The molecule has 0 atom stereocenters. The Kier molecular flexibility index (Phi) is 1.78. The Hall–Kier alpha value is -0.920. The first-order chi connectivity index (χ1) is 4.30. The van der Waals surface area contributed by atoms with Crippen molar-refractivity contribution in [1.82, 2.24) is 9.97 Å². The second-order valence-electron chi connectivity index (χ2n) is 2.29. The van der Waals surface area contributed by atoms with Gasteiger partial charge in [0.15, 0.2) is 0 Å². The van der Waals surface area contributed by atoms with Crippen LogP contribution in [0.3, 0.4) is 0 Å². The van der Waals surface area contributed by atoms with Crippen LogP contribution in [0, 0.1) is 0 Å². The Morgan fingerprint density at radius 2 is 2.22 bits per heavy atom. The summed E-state index contributed by atoms with van der Waals surface area (Å²) < 4.78 is 0. The van der Waals surface area contributed by atoms with Crippen LogP contribution >= 0.6 is 0 Å². The average molecular weight is 122 g/mol. The highest BCUT2D eigenvalue weighted by atomic mass is 14.8. The number of nitrogens with zero attached hydrogens (tertiary/aromatic N) is 2. The van der Waals surface area contributed by atoms with Crippen LogP contribution in [0.15, 0.2) is 18.6 Å². The molecule has 0 amide bonds. The zero-order valence-electron chi connectivity index (χ0n) is 5.70. The third-order valence-corrected chi connectivity index (χ3v) is 1.20. The lowest BCUT2D eigenvalue weighted by atomic mass is 10.1. The third-order valence-electron chi connectivity index (χ3n) is 1.20. The quantitative estimate of drug-likeness (QED) is 0.565. The minimum Gasteiger partial charge on any atom is -0.245 e. The second kappa shape index (κ2) is 2.58. The Morgan fingerprint density at radius 1 is 1.44 bits per heavy atom. The lowest BCUT2D eigenvalue weighted by Gasteiger charge is -1.99. The molecule has 0 N–H and O–H groups in total. The van der Waals surface area contributed by atoms with Crippen LogP contribution in [0.25, 0.3) is 0 Å². The molecule has 1 heterocycles. The summed E-state index contributed by atoms with van der Waals surface area (Å²) >= 11 is 0. The van der Waals surface area contributed by atoms with Gasteiger partial charge in [0.05, 0.1) is 0 Å². The molecule has 9 heavy (non-hydrogen) atoms. The summed E-state index contributed by atoms with van der Waals surface area (Å²) in [4.78, 5) is 7.88. The molecule has 0 saturated carbocycles. The van der Waals surface area contributed by atoms with Crippen molar-refractivity contribution in [2.24, 2.45) is 0 Å². The summed E-state index contributed by atoms with van der Waals surface area (Å²) in [6.45, 7) is 4.23. The first-order valence-electron chi connectivity index (χ1n) is 3.06. The molecule has 0 saturated heterocycles. The van der Waals surface area contributed by atoms with Gasteiger partial charge in [-0.1, -0.05) is 13.8 Å². The van der Waals surface area contributed by atoms with Gasteiger partial charge in [-0.15, -0.1) is 0 Å². The fourth-order valence-electron chi connectivity index (χ4n) is 0.642. The molecule has 0 unspecified atom stereocenters. The normalized spacial score (nSPS) is 10.1. The van der Waals surface area contributed by atoms with Crippen LogP contribution in [0.1, 0.15) is 25.5 Å². The maximum Gasteiger partial charge on any atom is 0.115 e. The van der Waals surface area contributed by atoms with Crippen LogP contribution in [0.2, 0.25) is 0 Å². The van der Waals surface area contributed by atoms with E-state index < -0.39 is 0 Å². The highest BCUT2D eigenvalue weighted by Gasteiger charge is 1.95. The predicted octanol–water partition coefficient (Wildman–Crippen LogP) is 1.60. The molecule has 0 radical (unpaired) electrons. The van der Waals surface area contributed by atoms with E-state index in [2.05, 4.69) is 23.8 Å². The SMILES string of the molecule is CC(C)c1ccncn1. The summed E-state index contributed by atoms with van der Waals surface area (Å²) in [6.07, 6.45) is 3.34. The van der Waals surface area contributed by atoms with Crippen LogP contribution in [-0.2, 0) is 0 Å². The third kappa shape index (κ3) is 1.49. The number of hydrogen-bond acceptors (Lipinski definition) is 2. The average Bonchev–Trinajstić information content (AvgIpc) is 1.90. The fraction of sp³-hybridized carbons (Fsp3) is 0.429. The van der Waals surface area contributed by atoms with Gasteiger partial charge in [-0.05, 0) is 12.0 Å². The smallest absolute Gasteiger partial charge is 0.115 e. The Bertz CT molecular complexity index is 170. The highest BCUT2D eigenvalue weighted by Crippen LogP contribution is 2.07. The molecule has 0 spiro atoms. The molecular weight excluding hydrogens is 112 g/mol. The van der Waals surface area contributed by atoms with Crippen molar-refractivity contribution in [2.45, 2.75) is 19.8 Å². The summed E-state index contributed by atoms with van der Waals surface area (Å²) in [5, 5.41) is 0. The minimum atomic E-state index is 0.507. The molecule has 2 heteroatoms. The molecule has 48 valence electrons. The van der Waals surface area contributed by atoms with Crippen molar-refractivity contribution in [1.29, 1.82) is 0 Å². The first-order valence-corrected chi connectivity index (χ1v) is 3.06. The lowest BCUT2D eigenvalue weighted by molar-refractivity contribution is 0.814. The summed E-state index contributed by atoms with van der Waals surface area (Å²) in [6, 6.07) is 1.94. The Morgan fingerprint density at radius 3 is 2.56 bits per heavy atom. The summed E-state index contributed by atoms with van der Waals surface area (Å²) in [5.74, 6) is 0.507. The van der Waals surface area contributed by atoms with Crippen molar-refractivity contribution in [3.63, 3.8) is 0 Å². The van der Waals surface area contributed by atoms with E-state index in [1.165, 1.54) is 0 Å². The zero-order valence-corrected chi connectivity index (χ0v) is 5.70. The van der Waals surface area contributed by atoms with Gasteiger partial charge >= 0.3 is 0 Å². The monoisotopic (exact) mass is 122 g/mol. The van der Waals surface area contributed by atoms with E-state index in [-0.39, 0.29) is 0 Å². The van der Waals surface area contributed by atoms with E-state index in [9.17, 15) is 0 Å². The molecule has 1 aromatic heterocycles. The molecule has 2 nitrogen and oxygen atoms in total. The molecular formula is C7H10N2. The van der Waals surface area contributed by atoms with Gasteiger partial charge in [-0.3, -0.25) is 0 Å². The molecule has 0 fully saturated rings. The zero-order chi connectivity index (χ0) is 6.69. The molecule has 0 aliphatic carbocycles. The van der Waals surface area contributed by atoms with Gasteiger partial charge in [-0.2, -0.15) is 0 Å². The predicted molar refractivity (Wildman–Crippen MR) is 36.1 cm³/mol. The topological polar surface area (TPSA) is 25.8 Å². The van der Waals surface area contributed by atoms with Gasteiger partial charge < -0.3 is 0 Å². The fourth-order valence-corrected chi connectivity index (χ4v) is 0.642.